The van der Waals surface area contributed by atoms with Crippen molar-refractivity contribution in [3.8, 4) is 11.3 Å². The number of hydrogen-bond acceptors (Lipinski definition) is 3. The lowest BCUT2D eigenvalue weighted by molar-refractivity contribution is 0.0941. The highest BCUT2D eigenvalue weighted by atomic mass is 19.1. The van der Waals surface area contributed by atoms with Crippen LogP contribution < -0.4 is 5.32 Å². The van der Waals surface area contributed by atoms with Crippen LogP contribution in [0.15, 0.2) is 36.4 Å². The van der Waals surface area contributed by atoms with Crippen molar-refractivity contribution >= 4 is 11.6 Å². The number of hydrogen-bond donors (Lipinski definition) is 1. The Morgan fingerprint density at radius 3 is 2.56 bits per heavy atom. The van der Waals surface area contributed by atoms with Gasteiger partial charge in [-0.25, -0.2) is 13.9 Å². The Kier molecular flexibility index (Phi) is 5.00. The first-order valence-electron chi connectivity index (χ1n) is 9.11. The molecule has 1 aromatic carbocycles. The molecule has 0 saturated heterocycles. The van der Waals surface area contributed by atoms with Crippen LogP contribution in [0.3, 0.4) is 0 Å². The predicted octanol–water partition coefficient (Wildman–Crippen LogP) is 4.22. The van der Waals surface area contributed by atoms with Gasteiger partial charge >= 0.3 is 0 Å². The molecule has 0 atom stereocenters. The zero-order valence-electron chi connectivity index (χ0n) is 16.4. The van der Waals surface area contributed by atoms with Crippen LogP contribution in [0, 0.1) is 11.7 Å². The van der Waals surface area contributed by atoms with E-state index in [4.69, 9.17) is 0 Å². The van der Waals surface area contributed by atoms with E-state index in [0.29, 0.717) is 35.1 Å². The number of amides is 1. The van der Waals surface area contributed by atoms with Crippen molar-refractivity contribution in [2.24, 2.45) is 5.92 Å². The number of halogens is 1. The van der Waals surface area contributed by atoms with Crippen LogP contribution in [0.4, 0.5) is 4.39 Å². The predicted molar refractivity (Wildman–Crippen MR) is 104 cm³/mol. The average molecular weight is 368 g/mol. The number of aromatic nitrogens is 3. The van der Waals surface area contributed by atoms with E-state index in [1.165, 1.54) is 6.07 Å². The summed E-state index contributed by atoms with van der Waals surface area (Å²) in [5, 5.41) is 7.50. The van der Waals surface area contributed by atoms with Gasteiger partial charge in [-0.05, 0) is 24.1 Å². The van der Waals surface area contributed by atoms with Gasteiger partial charge < -0.3 is 5.32 Å². The molecule has 3 rings (SSSR count). The second-order valence-electron chi connectivity index (χ2n) is 8.16. The molecule has 6 heteroatoms. The zero-order chi connectivity index (χ0) is 19.8. The second kappa shape index (κ2) is 7.10. The molecule has 0 aliphatic carbocycles. The largest absolute Gasteiger partial charge is 0.350 e. The molecule has 0 aliphatic heterocycles. The van der Waals surface area contributed by atoms with Crippen LogP contribution in [-0.2, 0) is 5.41 Å². The molecule has 142 valence electrons. The van der Waals surface area contributed by atoms with Crippen molar-refractivity contribution in [1.82, 2.24) is 19.9 Å². The number of rotatable bonds is 4. The molecule has 0 fully saturated rings. The van der Waals surface area contributed by atoms with E-state index in [1.54, 1.807) is 28.8 Å². The summed E-state index contributed by atoms with van der Waals surface area (Å²) < 4.78 is 15.8. The molecule has 0 unspecified atom stereocenters. The van der Waals surface area contributed by atoms with Gasteiger partial charge in [-0.1, -0.05) is 46.8 Å². The van der Waals surface area contributed by atoms with E-state index >= 15 is 0 Å². The molecular weight excluding hydrogens is 343 g/mol. The van der Waals surface area contributed by atoms with Gasteiger partial charge in [-0.3, -0.25) is 4.79 Å². The fourth-order valence-electron chi connectivity index (χ4n) is 2.70. The highest BCUT2D eigenvalue weighted by Crippen LogP contribution is 2.26. The fourth-order valence-corrected chi connectivity index (χ4v) is 2.70. The summed E-state index contributed by atoms with van der Waals surface area (Å²) in [5.74, 6) is -0.309. The average Bonchev–Trinajstić information content (AvgIpc) is 3.03. The molecule has 3 aromatic rings. The minimum atomic E-state index is -0.376. The van der Waals surface area contributed by atoms with E-state index < -0.39 is 0 Å². The molecule has 5 nitrogen and oxygen atoms in total. The SMILES string of the molecule is CC(C)CNC(=O)c1cc(-c2ccccc2F)nc2cc(C(C)(C)C)nn12. The van der Waals surface area contributed by atoms with Gasteiger partial charge in [-0.2, -0.15) is 5.10 Å². The van der Waals surface area contributed by atoms with E-state index in [9.17, 15) is 9.18 Å². The van der Waals surface area contributed by atoms with Crippen LogP contribution in [0.25, 0.3) is 16.9 Å². The third-order valence-corrected chi connectivity index (χ3v) is 4.25. The van der Waals surface area contributed by atoms with Crippen molar-refractivity contribution in [1.29, 1.82) is 0 Å². The van der Waals surface area contributed by atoms with E-state index in [0.717, 1.165) is 5.69 Å². The van der Waals surface area contributed by atoms with Crippen LogP contribution in [0.5, 0.6) is 0 Å². The zero-order valence-corrected chi connectivity index (χ0v) is 16.4. The van der Waals surface area contributed by atoms with Gasteiger partial charge in [0.2, 0.25) is 0 Å². The Hall–Kier alpha value is -2.76. The highest BCUT2D eigenvalue weighted by Gasteiger charge is 2.22. The number of benzene rings is 1. The molecule has 2 aromatic heterocycles. The first-order valence-corrected chi connectivity index (χ1v) is 9.11. The summed E-state index contributed by atoms with van der Waals surface area (Å²) in [6.07, 6.45) is 0. The van der Waals surface area contributed by atoms with E-state index in [2.05, 4.69) is 15.4 Å². The third kappa shape index (κ3) is 3.99. The van der Waals surface area contributed by atoms with Crippen molar-refractivity contribution < 1.29 is 9.18 Å². The molecule has 1 N–H and O–H groups in total. The topological polar surface area (TPSA) is 59.3 Å². The molecule has 1 amide bonds. The number of carbonyl (C=O) groups is 1. The lowest BCUT2D eigenvalue weighted by atomic mass is 9.93. The summed E-state index contributed by atoms with van der Waals surface area (Å²) in [6, 6.07) is 9.87. The van der Waals surface area contributed by atoms with Gasteiger partial charge in [-0.15, -0.1) is 0 Å². The lowest BCUT2D eigenvalue weighted by Gasteiger charge is -2.14. The Balaban J connectivity index is 2.19. The molecule has 27 heavy (non-hydrogen) atoms. The maximum atomic E-state index is 14.3. The normalized spacial score (nSPS) is 12.0. The smallest absolute Gasteiger partial charge is 0.270 e. The Morgan fingerprint density at radius 2 is 1.93 bits per heavy atom. The number of fused-ring (bicyclic) bond motifs is 1. The summed E-state index contributed by atoms with van der Waals surface area (Å²) in [4.78, 5) is 17.4. The van der Waals surface area contributed by atoms with Crippen molar-refractivity contribution in [3.05, 3.63) is 53.6 Å². The van der Waals surface area contributed by atoms with Gasteiger partial charge in [0.1, 0.15) is 11.5 Å². The van der Waals surface area contributed by atoms with Crippen molar-refractivity contribution in [2.75, 3.05) is 6.54 Å². The van der Waals surface area contributed by atoms with Crippen LogP contribution in [0.1, 0.15) is 50.8 Å². The van der Waals surface area contributed by atoms with Gasteiger partial charge in [0.05, 0.1) is 11.4 Å². The Morgan fingerprint density at radius 1 is 1.22 bits per heavy atom. The molecule has 0 aliphatic rings. The number of nitrogens with one attached hydrogen (secondary N) is 1. The summed E-state index contributed by atoms with van der Waals surface area (Å²) in [7, 11) is 0. The Bertz CT molecular complexity index is 986. The quantitative estimate of drug-likeness (QED) is 0.750. The first-order chi connectivity index (χ1) is 12.7. The van der Waals surface area contributed by atoms with E-state index in [-0.39, 0.29) is 17.1 Å². The third-order valence-electron chi connectivity index (χ3n) is 4.25. The lowest BCUT2D eigenvalue weighted by Crippen LogP contribution is -2.29. The summed E-state index contributed by atoms with van der Waals surface area (Å²) >= 11 is 0. The molecule has 0 spiro atoms. The van der Waals surface area contributed by atoms with Crippen molar-refractivity contribution in [3.63, 3.8) is 0 Å². The standard InChI is InChI=1S/C21H25FN4O/c1-13(2)12-23-20(27)17-10-16(14-8-6-7-9-15(14)22)24-19-11-18(21(3,4)5)25-26(17)19/h6-11,13H,12H2,1-5H3,(H,23,27). The molecule has 0 saturated carbocycles. The van der Waals surface area contributed by atoms with Gasteiger partial charge in [0.25, 0.3) is 5.91 Å². The van der Waals surface area contributed by atoms with Gasteiger partial charge in [0.15, 0.2) is 5.65 Å². The maximum Gasteiger partial charge on any atom is 0.270 e. The van der Waals surface area contributed by atoms with Crippen molar-refractivity contribution in [2.45, 2.75) is 40.0 Å². The summed E-state index contributed by atoms with van der Waals surface area (Å²) in [5.41, 5.74) is 2.26. The number of nitrogens with zero attached hydrogens (tertiary/aromatic N) is 3. The number of carbonyl (C=O) groups excluding carboxylic acids is 1. The molecule has 2 heterocycles. The fraction of sp³-hybridized carbons (Fsp3) is 0.381. The molecule has 0 radical (unpaired) electrons. The van der Waals surface area contributed by atoms with Crippen LogP contribution >= 0.6 is 0 Å². The van der Waals surface area contributed by atoms with Crippen LogP contribution in [-0.4, -0.2) is 27.0 Å². The maximum absolute atomic E-state index is 14.3. The van der Waals surface area contributed by atoms with Crippen LogP contribution in [0.2, 0.25) is 0 Å². The van der Waals surface area contributed by atoms with Gasteiger partial charge in [0, 0.05) is 23.6 Å². The molecule has 0 bridgehead atoms. The minimum Gasteiger partial charge on any atom is -0.350 e. The first kappa shape index (κ1) is 19.0. The molecular formula is C21H25FN4O. The Labute approximate surface area is 158 Å². The highest BCUT2D eigenvalue weighted by molar-refractivity contribution is 5.94. The minimum absolute atomic E-state index is 0.197. The van der Waals surface area contributed by atoms with E-state index in [1.807, 2.05) is 40.7 Å². The monoisotopic (exact) mass is 368 g/mol. The summed E-state index contributed by atoms with van der Waals surface area (Å²) in [6.45, 7) is 10.7. The second-order valence-corrected chi connectivity index (χ2v) is 8.16.